The summed E-state index contributed by atoms with van der Waals surface area (Å²) in [6.07, 6.45) is 3.59. The lowest BCUT2D eigenvalue weighted by Crippen LogP contribution is -2.31. The van der Waals surface area contributed by atoms with Gasteiger partial charge < -0.3 is 5.73 Å². The second-order valence-electron chi connectivity index (χ2n) is 6.73. The maximum atomic E-state index is 12.5. The molecule has 3 unspecified atom stereocenters. The van der Waals surface area contributed by atoms with Crippen molar-refractivity contribution in [3.63, 3.8) is 0 Å². The van der Waals surface area contributed by atoms with E-state index in [0.717, 1.165) is 5.56 Å². The van der Waals surface area contributed by atoms with E-state index < -0.39 is 28.6 Å². The Morgan fingerprint density at radius 3 is 2.32 bits per heavy atom. The van der Waals surface area contributed by atoms with Crippen LogP contribution < -0.4 is 5.73 Å². The van der Waals surface area contributed by atoms with Gasteiger partial charge in [0.05, 0.1) is 12.0 Å². The van der Waals surface area contributed by atoms with Crippen molar-refractivity contribution >= 4 is 17.8 Å². The zero-order valence-corrected chi connectivity index (χ0v) is 13.0. The first-order chi connectivity index (χ1) is 10.2. The van der Waals surface area contributed by atoms with Gasteiger partial charge in [0.15, 0.2) is 5.41 Å². The number of amides is 1. The van der Waals surface area contributed by atoms with Crippen LogP contribution in [0.5, 0.6) is 0 Å². The Labute approximate surface area is 130 Å². The van der Waals surface area contributed by atoms with Crippen molar-refractivity contribution in [3.05, 3.63) is 42.0 Å². The first-order valence-corrected chi connectivity index (χ1v) is 7.24. The van der Waals surface area contributed by atoms with E-state index in [1.807, 2.05) is 42.5 Å². The van der Waals surface area contributed by atoms with Gasteiger partial charge in [-0.15, -0.1) is 0 Å². The number of hydrogen-bond donors (Lipinski definition) is 1. The average Bonchev–Trinajstić information content (AvgIpc) is 3.13. The third kappa shape index (κ3) is 2.55. The fourth-order valence-corrected chi connectivity index (χ4v) is 2.81. The van der Waals surface area contributed by atoms with Crippen LogP contribution in [-0.2, 0) is 9.59 Å². The van der Waals surface area contributed by atoms with Crippen molar-refractivity contribution in [2.45, 2.75) is 20.8 Å². The Bertz CT molecular complexity index is 665. The van der Waals surface area contributed by atoms with Crippen LogP contribution in [0, 0.1) is 34.0 Å². The van der Waals surface area contributed by atoms with Crippen LogP contribution >= 0.6 is 0 Å². The summed E-state index contributed by atoms with van der Waals surface area (Å²) in [4.78, 5) is 24.3. The van der Waals surface area contributed by atoms with Gasteiger partial charge in [-0.3, -0.25) is 9.59 Å². The number of Topliss-reactive ketones (excluding diaryl/α,β-unsaturated/α-hetero) is 1. The van der Waals surface area contributed by atoms with E-state index in [9.17, 15) is 14.9 Å². The predicted molar refractivity (Wildman–Crippen MR) is 84.2 cm³/mol. The van der Waals surface area contributed by atoms with Gasteiger partial charge in [0, 0.05) is 11.3 Å². The highest BCUT2D eigenvalue weighted by molar-refractivity contribution is 6.01. The molecule has 1 aliphatic rings. The Hall–Kier alpha value is -2.41. The number of carbonyl (C=O) groups excluding carboxylic acids is 2. The number of nitrogens with two attached hydrogens (primary N) is 1. The smallest absolute Gasteiger partial charge is 0.239 e. The first kappa shape index (κ1) is 16.0. The maximum Gasteiger partial charge on any atom is 0.239 e. The van der Waals surface area contributed by atoms with Gasteiger partial charge in [0.25, 0.3) is 0 Å². The fraction of sp³-hybridized carbons (Fsp3) is 0.389. The summed E-state index contributed by atoms with van der Waals surface area (Å²) in [5.41, 5.74) is 4.36. The molecular formula is C18H20N2O2. The van der Waals surface area contributed by atoms with E-state index in [1.165, 1.54) is 0 Å². The Morgan fingerprint density at radius 2 is 1.86 bits per heavy atom. The van der Waals surface area contributed by atoms with Crippen molar-refractivity contribution in [1.82, 2.24) is 0 Å². The number of allylic oxidation sites excluding steroid dienone is 1. The second kappa shape index (κ2) is 5.42. The van der Waals surface area contributed by atoms with E-state index >= 15 is 0 Å². The Morgan fingerprint density at radius 1 is 1.27 bits per heavy atom. The standard InChI is InChI=1S/C18H20N2O2/c1-17(2,3)15(21)14-13(18(14,11-19)16(20)22)10-9-12-7-5-4-6-8-12/h4-10,13-14H,1-3H3,(H2,20,22). The molecule has 1 saturated carbocycles. The number of ketones is 1. The van der Waals surface area contributed by atoms with Crippen LogP contribution in [0.4, 0.5) is 0 Å². The van der Waals surface area contributed by atoms with Gasteiger partial charge in [-0.2, -0.15) is 5.26 Å². The third-order valence-electron chi connectivity index (χ3n) is 4.18. The lowest BCUT2D eigenvalue weighted by atomic mass is 9.85. The van der Waals surface area contributed by atoms with Crippen LogP contribution in [0.3, 0.4) is 0 Å². The summed E-state index contributed by atoms with van der Waals surface area (Å²) < 4.78 is 0. The molecule has 0 heterocycles. The van der Waals surface area contributed by atoms with Crippen molar-refractivity contribution in [2.75, 3.05) is 0 Å². The largest absolute Gasteiger partial charge is 0.368 e. The van der Waals surface area contributed by atoms with Gasteiger partial charge >= 0.3 is 0 Å². The van der Waals surface area contributed by atoms with E-state index in [2.05, 4.69) is 0 Å². The molecule has 0 spiro atoms. The van der Waals surface area contributed by atoms with Crippen molar-refractivity contribution < 1.29 is 9.59 Å². The Kier molecular flexibility index (Phi) is 3.93. The number of primary amides is 1. The van der Waals surface area contributed by atoms with Crippen molar-refractivity contribution in [1.29, 1.82) is 5.26 Å². The number of nitrogens with zero attached hydrogens (tertiary/aromatic N) is 1. The zero-order chi connectivity index (χ0) is 16.5. The molecule has 3 atom stereocenters. The van der Waals surface area contributed by atoms with E-state index in [4.69, 9.17) is 5.73 Å². The minimum atomic E-state index is -1.41. The van der Waals surface area contributed by atoms with E-state index in [0.29, 0.717) is 0 Å². The quantitative estimate of drug-likeness (QED) is 0.926. The molecule has 0 saturated heterocycles. The second-order valence-corrected chi connectivity index (χ2v) is 6.73. The highest BCUT2D eigenvalue weighted by Gasteiger charge is 2.72. The third-order valence-corrected chi connectivity index (χ3v) is 4.18. The minimum Gasteiger partial charge on any atom is -0.368 e. The molecule has 22 heavy (non-hydrogen) atoms. The molecular weight excluding hydrogens is 276 g/mol. The summed E-state index contributed by atoms with van der Waals surface area (Å²) in [7, 11) is 0. The topological polar surface area (TPSA) is 83.9 Å². The lowest BCUT2D eigenvalue weighted by molar-refractivity contribution is -0.131. The van der Waals surface area contributed by atoms with Gasteiger partial charge in [-0.25, -0.2) is 0 Å². The summed E-state index contributed by atoms with van der Waals surface area (Å²) in [6, 6.07) is 11.5. The highest BCUT2D eigenvalue weighted by Crippen LogP contribution is 2.61. The molecule has 0 aromatic heterocycles. The predicted octanol–water partition coefficient (Wildman–Crippen LogP) is 2.56. The monoisotopic (exact) mass is 296 g/mol. The van der Waals surface area contributed by atoms with Crippen molar-refractivity contribution in [2.24, 2.45) is 28.4 Å². The van der Waals surface area contributed by atoms with Crippen LogP contribution in [-0.4, -0.2) is 11.7 Å². The molecule has 1 amide bonds. The molecule has 0 bridgehead atoms. The van der Waals surface area contributed by atoms with E-state index in [1.54, 1.807) is 26.8 Å². The lowest BCUT2D eigenvalue weighted by Gasteiger charge is -2.16. The molecule has 0 aliphatic heterocycles. The number of carbonyl (C=O) groups is 2. The molecule has 4 heteroatoms. The number of nitriles is 1. The van der Waals surface area contributed by atoms with Crippen molar-refractivity contribution in [3.8, 4) is 6.07 Å². The average molecular weight is 296 g/mol. The van der Waals surface area contributed by atoms with Gasteiger partial charge in [-0.1, -0.05) is 63.3 Å². The number of hydrogen-bond acceptors (Lipinski definition) is 3. The van der Waals surface area contributed by atoms with Crippen LogP contribution in [0.15, 0.2) is 36.4 Å². The molecule has 1 aromatic carbocycles. The summed E-state index contributed by atoms with van der Waals surface area (Å²) in [5.74, 6) is -1.94. The maximum absolute atomic E-state index is 12.5. The first-order valence-electron chi connectivity index (χ1n) is 7.24. The van der Waals surface area contributed by atoms with Crippen LogP contribution in [0.25, 0.3) is 6.08 Å². The summed E-state index contributed by atoms with van der Waals surface area (Å²) in [6.45, 7) is 5.36. The van der Waals surface area contributed by atoms with Gasteiger partial charge in [0.1, 0.15) is 5.78 Å². The number of rotatable bonds is 4. The van der Waals surface area contributed by atoms with Crippen LogP contribution in [0.2, 0.25) is 0 Å². The molecule has 1 aromatic rings. The SMILES string of the molecule is CC(C)(C)C(=O)C1C(C=Cc2ccccc2)C1(C#N)C(N)=O. The highest BCUT2D eigenvalue weighted by atomic mass is 16.2. The van der Waals surface area contributed by atoms with Crippen LogP contribution in [0.1, 0.15) is 26.3 Å². The molecule has 0 radical (unpaired) electrons. The molecule has 114 valence electrons. The van der Waals surface area contributed by atoms with Gasteiger partial charge in [-0.05, 0) is 5.56 Å². The summed E-state index contributed by atoms with van der Waals surface area (Å²) in [5, 5.41) is 9.44. The fourth-order valence-electron chi connectivity index (χ4n) is 2.81. The normalized spacial score (nSPS) is 27.4. The molecule has 1 aliphatic carbocycles. The Balaban J connectivity index is 2.33. The zero-order valence-electron chi connectivity index (χ0n) is 13.0. The van der Waals surface area contributed by atoms with E-state index in [-0.39, 0.29) is 5.78 Å². The number of benzene rings is 1. The molecule has 2 rings (SSSR count). The molecule has 1 fully saturated rings. The molecule has 4 nitrogen and oxygen atoms in total. The molecule has 2 N–H and O–H groups in total. The summed E-state index contributed by atoms with van der Waals surface area (Å²) >= 11 is 0. The minimum absolute atomic E-state index is 0.101. The van der Waals surface area contributed by atoms with Gasteiger partial charge in [0.2, 0.25) is 5.91 Å².